The zero-order valence-electron chi connectivity index (χ0n) is 11.5. The molecule has 0 fully saturated rings. The summed E-state index contributed by atoms with van der Waals surface area (Å²) in [5, 5.41) is 5.47. The van der Waals surface area contributed by atoms with Crippen molar-refractivity contribution in [1.82, 2.24) is 5.32 Å². The van der Waals surface area contributed by atoms with Gasteiger partial charge in [0.15, 0.2) is 9.84 Å². The molecule has 0 amide bonds. The fraction of sp³-hybridized carbons (Fsp3) is 0.286. The molecule has 7 heteroatoms. The minimum absolute atomic E-state index is 0.369. The number of hydrogen-bond acceptors (Lipinski definition) is 5. The average Bonchev–Trinajstić information content (AvgIpc) is 2.84. The lowest BCUT2D eigenvalue weighted by atomic mass is 10.4. The van der Waals surface area contributed by atoms with Gasteiger partial charge in [-0.2, -0.15) is 0 Å². The number of thiophene rings is 1. The third-order valence-corrected chi connectivity index (χ3v) is 6.56. The third kappa shape index (κ3) is 5.75. The van der Waals surface area contributed by atoms with Crippen LogP contribution in [0.4, 0.5) is 0 Å². The van der Waals surface area contributed by atoms with Gasteiger partial charge in [-0.1, -0.05) is 0 Å². The van der Waals surface area contributed by atoms with E-state index in [2.05, 4.69) is 32.7 Å². The van der Waals surface area contributed by atoms with Gasteiger partial charge >= 0.3 is 0 Å². The van der Waals surface area contributed by atoms with Crippen LogP contribution in [0.1, 0.15) is 4.88 Å². The Kier molecular flexibility index (Phi) is 6.31. The molecule has 0 saturated heterocycles. The van der Waals surface area contributed by atoms with Gasteiger partial charge in [0, 0.05) is 44.7 Å². The molecule has 0 aliphatic carbocycles. The van der Waals surface area contributed by atoms with Crippen LogP contribution in [0.2, 0.25) is 0 Å². The summed E-state index contributed by atoms with van der Waals surface area (Å²) in [6.07, 6.45) is 1.22. The van der Waals surface area contributed by atoms with E-state index in [0.29, 0.717) is 4.90 Å². The molecule has 1 N–H and O–H groups in total. The van der Waals surface area contributed by atoms with Gasteiger partial charge in [-0.05, 0) is 46.3 Å². The van der Waals surface area contributed by atoms with Gasteiger partial charge in [-0.3, -0.25) is 0 Å². The average molecular weight is 406 g/mol. The molecule has 0 spiro atoms. The molecule has 0 aliphatic rings. The van der Waals surface area contributed by atoms with Crippen LogP contribution in [0.25, 0.3) is 0 Å². The van der Waals surface area contributed by atoms with Crippen LogP contribution >= 0.6 is 39.0 Å². The molecule has 21 heavy (non-hydrogen) atoms. The SMILES string of the molecule is CS(=O)(=O)c1ccc(SCCNCc2cc(Br)cs2)cc1. The molecule has 1 heterocycles. The maximum Gasteiger partial charge on any atom is 0.175 e. The lowest BCUT2D eigenvalue weighted by molar-refractivity contribution is 0.602. The van der Waals surface area contributed by atoms with Crippen molar-refractivity contribution in [3.8, 4) is 0 Å². The second-order valence-electron chi connectivity index (χ2n) is 4.50. The van der Waals surface area contributed by atoms with E-state index in [1.165, 1.54) is 11.1 Å². The molecule has 1 aromatic carbocycles. The molecule has 0 unspecified atom stereocenters. The van der Waals surface area contributed by atoms with Crippen molar-refractivity contribution >= 4 is 48.9 Å². The normalized spacial score (nSPS) is 11.7. The Morgan fingerprint density at radius 3 is 2.57 bits per heavy atom. The van der Waals surface area contributed by atoms with Crippen molar-refractivity contribution in [2.45, 2.75) is 16.3 Å². The maximum atomic E-state index is 11.4. The van der Waals surface area contributed by atoms with Crippen molar-refractivity contribution in [2.24, 2.45) is 0 Å². The van der Waals surface area contributed by atoms with E-state index in [1.807, 2.05) is 12.1 Å². The van der Waals surface area contributed by atoms with Crippen molar-refractivity contribution < 1.29 is 8.42 Å². The first-order valence-electron chi connectivity index (χ1n) is 6.32. The van der Waals surface area contributed by atoms with Gasteiger partial charge < -0.3 is 5.32 Å². The Hall–Kier alpha value is -0.340. The third-order valence-electron chi connectivity index (χ3n) is 2.72. The van der Waals surface area contributed by atoms with Crippen LogP contribution in [0.3, 0.4) is 0 Å². The largest absolute Gasteiger partial charge is 0.311 e. The van der Waals surface area contributed by atoms with Gasteiger partial charge in [-0.25, -0.2) is 8.42 Å². The van der Waals surface area contributed by atoms with E-state index in [4.69, 9.17) is 0 Å². The lowest BCUT2D eigenvalue weighted by Gasteiger charge is -2.04. The van der Waals surface area contributed by atoms with Gasteiger partial charge in [0.05, 0.1) is 4.90 Å². The molecule has 0 atom stereocenters. The summed E-state index contributed by atoms with van der Waals surface area (Å²) < 4.78 is 23.9. The molecular formula is C14H16BrNO2S3. The Bertz CT molecular complexity index is 680. The quantitative estimate of drug-likeness (QED) is 0.561. The number of sulfone groups is 1. The first-order chi connectivity index (χ1) is 9.95. The minimum Gasteiger partial charge on any atom is -0.311 e. The molecule has 114 valence electrons. The highest BCUT2D eigenvalue weighted by atomic mass is 79.9. The molecule has 2 aromatic rings. The Balaban J connectivity index is 1.71. The fourth-order valence-corrected chi connectivity index (χ4v) is 4.54. The van der Waals surface area contributed by atoms with E-state index in [-0.39, 0.29) is 0 Å². The lowest BCUT2D eigenvalue weighted by Crippen LogP contribution is -2.15. The predicted octanol–water partition coefficient (Wildman–Crippen LogP) is 3.80. The Morgan fingerprint density at radius 1 is 1.29 bits per heavy atom. The van der Waals surface area contributed by atoms with Crippen LogP contribution in [0, 0.1) is 0 Å². The second-order valence-corrected chi connectivity index (χ2v) is 9.60. The highest BCUT2D eigenvalue weighted by Crippen LogP contribution is 2.21. The van der Waals surface area contributed by atoms with Gasteiger partial charge in [-0.15, -0.1) is 23.1 Å². The summed E-state index contributed by atoms with van der Waals surface area (Å²) in [4.78, 5) is 2.76. The summed E-state index contributed by atoms with van der Waals surface area (Å²) in [5.74, 6) is 0.949. The number of nitrogens with one attached hydrogen (secondary N) is 1. The van der Waals surface area contributed by atoms with Crippen molar-refractivity contribution in [3.05, 3.63) is 45.1 Å². The van der Waals surface area contributed by atoms with E-state index >= 15 is 0 Å². The number of hydrogen-bond donors (Lipinski definition) is 1. The molecule has 0 radical (unpaired) electrons. The summed E-state index contributed by atoms with van der Waals surface area (Å²) in [7, 11) is -3.10. The summed E-state index contributed by atoms with van der Waals surface area (Å²) >= 11 is 6.89. The van der Waals surface area contributed by atoms with Gasteiger partial charge in [0.2, 0.25) is 0 Å². The van der Waals surface area contributed by atoms with Crippen molar-refractivity contribution in [3.63, 3.8) is 0 Å². The molecule has 0 bridgehead atoms. The Labute approximate surface area is 142 Å². The number of rotatable bonds is 7. The molecule has 1 aromatic heterocycles. The first kappa shape index (κ1) is 17.0. The smallest absolute Gasteiger partial charge is 0.175 e. The summed E-state index contributed by atoms with van der Waals surface area (Å²) in [6.45, 7) is 1.79. The molecule has 2 rings (SSSR count). The topological polar surface area (TPSA) is 46.2 Å². The molecular weight excluding hydrogens is 390 g/mol. The predicted molar refractivity (Wildman–Crippen MR) is 94.0 cm³/mol. The number of thioether (sulfide) groups is 1. The zero-order chi connectivity index (χ0) is 15.3. The van der Waals surface area contributed by atoms with Crippen LogP contribution in [0.5, 0.6) is 0 Å². The molecule has 0 saturated carbocycles. The van der Waals surface area contributed by atoms with Crippen molar-refractivity contribution in [1.29, 1.82) is 0 Å². The van der Waals surface area contributed by atoms with Crippen LogP contribution in [0.15, 0.2) is 50.0 Å². The zero-order valence-corrected chi connectivity index (χ0v) is 15.5. The van der Waals surface area contributed by atoms with Crippen LogP contribution in [-0.2, 0) is 16.4 Å². The molecule has 0 aliphatic heterocycles. The monoisotopic (exact) mass is 405 g/mol. The van der Waals surface area contributed by atoms with E-state index in [9.17, 15) is 8.42 Å². The Morgan fingerprint density at radius 2 is 2.00 bits per heavy atom. The summed E-state index contributed by atoms with van der Waals surface area (Å²) in [5.41, 5.74) is 0. The van der Waals surface area contributed by atoms with Gasteiger partial charge in [0.25, 0.3) is 0 Å². The molecule has 3 nitrogen and oxygen atoms in total. The van der Waals surface area contributed by atoms with Gasteiger partial charge in [0.1, 0.15) is 0 Å². The van der Waals surface area contributed by atoms with E-state index in [1.54, 1.807) is 35.2 Å². The van der Waals surface area contributed by atoms with E-state index in [0.717, 1.165) is 28.2 Å². The van der Waals surface area contributed by atoms with Crippen LogP contribution < -0.4 is 5.32 Å². The highest BCUT2D eigenvalue weighted by Gasteiger charge is 2.06. The second kappa shape index (κ2) is 7.78. The maximum absolute atomic E-state index is 11.4. The van der Waals surface area contributed by atoms with E-state index < -0.39 is 9.84 Å². The first-order valence-corrected chi connectivity index (χ1v) is 10.9. The fourth-order valence-electron chi connectivity index (χ4n) is 1.68. The summed E-state index contributed by atoms with van der Waals surface area (Å²) in [6, 6.07) is 9.16. The standard InChI is InChI=1S/C14H16BrNO2S3/c1-21(17,18)14-4-2-12(3-5-14)19-7-6-16-9-13-8-11(15)10-20-13/h2-5,8,10,16H,6-7,9H2,1H3. The highest BCUT2D eigenvalue weighted by molar-refractivity contribution is 9.10. The number of halogens is 1. The minimum atomic E-state index is -3.10. The van der Waals surface area contributed by atoms with Crippen molar-refractivity contribution in [2.75, 3.05) is 18.6 Å². The van der Waals surface area contributed by atoms with Crippen LogP contribution in [-0.4, -0.2) is 27.0 Å². The number of benzene rings is 1.